The van der Waals surface area contributed by atoms with Crippen molar-refractivity contribution >= 4 is 46.6 Å². The third-order valence-electron chi connectivity index (χ3n) is 4.44. The molecule has 3 rings (SSSR count). The minimum absolute atomic E-state index is 0.0553. The van der Waals surface area contributed by atoms with E-state index in [1.165, 1.54) is 0 Å². The lowest BCUT2D eigenvalue weighted by Crippen LogP contribution is -2.45. The van der Waals surface area contributed by atoms with Crippen LogP contribution in [0.2, 0.25) is 10.0 Å². The molecule has 0 aromatic heterocycles. The van der Waals surface area contributed by atoms with Crippen LogP contribution in [0.15, 0.2) is 42.5 Å². The highest BCUT2D eigenvalue weighted by Crippen LogP contribution is 2.31. The first kappa shape index (κ1) is 19.2. The largest absolute Gasteiger partial charge is 0.311 e. The van der Waals surface area contributed by atoms with Crippen LogP contribution in [0.4, 0.5) is 5.69 Å². The van der Waals surface area contributed by atoms with Gasteiger partial charge in [0.2, 0.25) is 11.8 Å². The summed E-state index contributed by atoms with van der Waals surface area (Å²) in [5.74, 6) is -1.72. The highest BCUT2D eigenvalue weighted by Gasteiger charge is 2.36. The molecule has 1 atom stereocenters. The molecule has 3 amide bonds. The molecule has 0 bridgehead atoms. The first-order valence-electron chi connectivity index (χ1n) is 8.28. The van der Waals surface area contributed by atoms with Gasteiger partial charge >= 0.3 is 0 Å². The number of hydrogen-bond acceptors (Lipinski definition) is 3. The van der Waals surface area contributed by atoms with Crippen LogP contribution in [0.3, 0.4) is 0 Å². The van der Waals surface area contributed by atoms with Crippen molar-refractivity contribution in [3.05, 3.63) is 63.6 Å². The minimum atomic E-state index is -0.581. The molecule has 6 nitrogen and oxygen atoms in total. The van der Waals surface area contributed by atoms with Crippen LogP contribution >= 0.6 is 23.2 Å². The maximum atomic E-state index is 12.4. The highest BCUT2D eigenvalue weighted by molar-refractivity contribution is 6.33. The summed E-state index contributed by atoms with van der Waals surface area (Å²) in [6, 6.07) is 11.8. The van der Waals surface area contributed by atoms with E-state index >= 15 is 0 Å². The Morgan fingerprint density at radius 1 is 1.04 bits per heavy atom. The second kappa shape index (κ2) is 7.98. The molecule has 2 aromatic rings. The Kier molecular flexibility index (Phi) is 5.68. The van der Waals surface area contributed by atoms with Crippen molar-refractivity contribution in [3.63, 3.8) is 0 Å². The Labute approximate surface area is 166 Å². The number of nitrogens with zero attached hydrogens (tertiary/aromatic N) is 1. The van der Waals surface area contributed by atoms with Gasteiger partial charge in [0.25, 0.3) is 5.91 Å². The Hall–Kier alpha value is -2.57. The first-order chi connectivity index (χ1) is 12.9. The van der Waals surface area contributed by atoms with E-state index in [2.05, 4.69) is 10.9 Å². The van der Waals surface area contributed by atoms with Gasteiger partial charge in [-0.05, 0) is 36.8 Å². The third kappa shape index (κ3) is 4.07. The van der Waals surface area contributed by atoms with E-state index in [0.29, 0.717) is 10.7 Å². The van der Waals surface area contributed by atoms with Crippen molar-refractivity contribution in [3.8, 4) is 0 Å². The molecule has 140 valence electrons. The zero-order chi connectivity index (χ0) is 19.6. The highest BCUT2D eigenvalue weighted by atomic mass is 35.5. The summed E-state index contributed by atoms with van der Waals surface area (Å²) in [6.45, 7) is 2.04. The summed E-state index contributed by atoms with van der Waals surface area (Å²) >= 11 is 12.1. The van der Waals surface area contributed by atoms with Crippen molar-refractivity contribution in [2.45, 2.75) is 13.3 Å². The zero-order valence-corrected chi connectivity index (χ0v) is 16.0. The number of nitrogens with one attached hydrogen (secondary N) is 2. The van der Waals surface area contributed by atoms with Gasteiger partial charge in [-0.25, -0.2) is 0 Å². The maximum Gasteiger partial charge on any atom is 0.271 e. The van der Waals surface area contributed by atoms with E-state index in [9.17, 15) is 14.4 Å². The van der Waals surface area contributed by atoms with Crippen LogP contribution < -0.4 is 15.8 Å². The number of rotatable bonds is 3. The van der Waals surface area contributed by atoms with Crippen LogP contribution in [0.25, 0.3) is 0 Å². The van der Waals surface area contributed by atoms with E-state index < -0.39 is 17.7 Å². The fourth-order valence-corrected chi connectivity index (χ4v) is 3.33. The van der Waals surface area contributed by atoms with Gasteiger partial charge in [0.1, 0.15) is 0 Å². The molecular weight excluding hydrogens is 389 g/mol. The van der Waals surface area contributed by atoms with E-state index in [1.807, 2.05) is 6.92 Å². The van der Waals surface area contributed by atoms with Crippen molar-refractivity contribution in [1.29, 1.82) is 0 Å². The number of carbonyl (C=O) groups excluding carboxylic acids is 3. The van der Waals surface area contributed by atoms with Crippen molar-refractivity contribution in [1.82, 2.24) is 10.9 Å². The quantitative estimate of drug-likeness (QED) is 0.769. The number of halogens is 2. The average molecular weight is 406 g/mol. The van der Waals surface area contributed by atoms with Crippen LogP contribution in [0.1, 0.15) is 22.3 Å². The summed E-state index contributed by atoms with van der Waals surface area (Å²) in [5.41, 5.74) is 6.41. The molecule has 0 saturated carbocycles. The summed E-state index contributed by atoms with van der Waals surface area (Å²) in [4.78, 5) is 38.4. The number of carbonyl (C=O) groups is 3. The van der Waals surface area contributed by atoms with Crippen LogP contribution in [-0.2, 0) is 9.59 Å². The van der Waals surface area contributed by atoms with Crippen LogP contribution in [0.5, 0.6) is 0 Å². The molecule has 1 heterocycles. The minimum Gasteiger partial charge on any atom is -0.311 e. The zero-order valence-electron chi connectivity index (χ0n) is 14.5. The number of hydrogen-bond donors (Lipinski definition) is 2. The van der Waals surface area contributed by atoms with Crippen molar-refractivity contribution < 1.29 is 14.4 Å². The molecule has 1 aliphatic heterocycles. The SMILES string of the molecule is Cc1c(Cl)cccc1N1C[C@@H](C(=O)NNC(=O)c2ccccc2Cl)CC1=O. The van der Waals surface area contributed by atoms with E-state index in [-0.39, 0.29) is 29.5 Å². The molecule has 0 unspecified atom stereocenters. The summed E-state index contributed by atoms with van der Waals surface area (Å²) in [7, 11) is 0. The number of benzene rings is 2. The number of amides is 3. The van der Waals surface area contributed by atoms with Crippen LogP contribution in [0, 0.1) is 12.8 Å². The molecule has 2 N–H and O–H groups in total. The molecule has 8 heteroatoms. The fourth-order valence-electron chi connectivity index (χ4n) is 2.94. The molecule has 0 spiro atoms. The van der Waals surface area contributed by atoms with Gasteiger partial charge in [-0.1, -0.05) is 41.4 Å². The topological polar surface area (TPSA) is 78.5 Å². The van der Waals surface area contributed by atoms with E-state index in [0.717, 1.165) is 5.56 Å². The van der Waals surface area contributed by atoms with E-state index in [1.54, 1.807) is 47.4 Å². The third-order valence-corrected chi connectivity index (χ3v) is 5.18. The van der Waals surface area contributed by atoms with Crippen LogP contribution in [-0.4, -0.2) is 24.3 Å². The second-order valence-corrected chi connectivity index (χ2v) is 7.03. The molecular formula is C19H17Cl2N3O3. The van der Waals surface area contributed by atoms with Gasteiger partial charge in [-0.2, -0.15) is 0 Å². The molecule has 1 fully saturated rings. The lowest BCUT2D eigenvalue weighted by Gasteiger charge is -2.19. The normalized spacial score (nSPS) is 16.3. The van der Waals surface area contributed by atoms with Gasteiger partial charge in [0.05, 0.1) is 16.5 Å². The Bertz CT molecular complexity index is 917. The molecule has 1 saturated heterocycles. The number of anilines is 1. The molecule has 0 radical (unpaired) electrons. The lowest BCUT2D eigenvalue weighted by molar-refractivity contribution is -0.126. The lowest BCUT2D eigenvalue weighted by atomic mass is 10.1. The predicted molar refractivity (Wildman–Crippen MR) is 104 cm³/mol. The van der Waals surface area contributed by atoms with E-state index in [4.69, 9.17) is 23.2 Å². The maximum absolute atomic E-state index is 12.4. The van der Waals surface area contributed by atoms with Crippen molar-refractivity contribution in [2.24, 2.45) is 5.92 Å². The summed E-state index contributed by atoms with van der Waals surface area (Å²) in [5, 5.41) is 0.836. The average Bonchev–Trinajstić information content (AvgIpc) is 3.04. The predicted octanol–water partition coefficient (Wildman–Crippen LogP) is 3.12. The summed E-state index contributed by atoms with van der Waals surface area (Å²) < 4.78 is 0. The first-order valence-corrected chi connectivity index (χ1v) is 9.04. The van der Waals surface area contributed by atoms with Gasteiger partial charge in [-0.3, -0.25) is 25.2 Å². The smallest absolute Gasteiger partial charge is 0.271 e. The Morgan fingerprint density at radius 2 is 1.74 bits per heavy atom. The second-order valence-electron chi connectivity index (χ2n) is 6.21. The molecule has 1 aliphatic rings. The fraction of sp³-hybridized carbons (Fsp3) is 0.211. The van der Waals surface area contributed by atoms with Gasteiger partial charge in [-0.15, -0.1) is 0 Å². The monoisotopic (exact) mass is 405 g/mol. The standard InChI is InChI=1S/C19H17Cl2N3O3/c1-11-14(20)7-4-8-16(11)24-10-12(9-17(24)25)18(26)22-23-19(27)13-5-2-3-6-15(13)21/h2-8,12H,9-10H2,1H3,(H,22,26)(H,23,27)/t12-/m0/s1. The summed E-state index contributed by atoms with van der Waals surface area (Å²) in [6.07, 6.45) is 0.0553. The number of hydrazine groups is 1. The van der Waals surface area contributed by atoms with Gasteiger partial charge < -0.3 is 4.90 Å². The van der Waals surface area contributed by atoms with Gasteiger partial charge in [0.15, 0.2) is 0 Å². The molecule has 27 heavy (non-hydrogen) atoms. The van der Waals surface area contributed by atoms with Gasteiger partial charge in [0, 0.05) is 23.7 Å². The van der Waals surface area contributed by atoms with Crippen molar-refractivity contribution in [2.75, 3.05) is 11.4 Å². The Balaban J connectivity index is 1.63. The Morgan fingerprint density at radius 3 is 2.48 bits per heavy atom. The molecule has 0 aliphatic carbocycles. The molecule has 2 aromatic carbocycles.